The predicted molar refractivity (Wildman–Crippen MR) is 160 cm³/mol. The van der Waals surface area contributed by atoms with Crippen molar-refractivity contribution in [1.82, 2.24) is 9.97 Å². The highest BCUT2D eigenvalue weighted by Crippen LogP contribution is 2.36. The highest BCUT2D eigenvalue weighted by molar-refractivity contribution is 7.74. The summed E-state index contributed by atoms with van der Waals surface area (Å²) in [6.07, 6.45) is 0. The van der Waals surface area contributed by atoms with E-state index in [2.05, 4.69) is 20.6 Å². The molecule has 0 saturated heterocycles. The Morgan fingerprint density at radius 2 is 1.52 bits per heavy atom. The lowest BCUT2D eigenvalue weighted by molar-refractivity contribution is 0.102. The number of ether oxygens (including phenoxy) is 2. The minimum atomic E-state index is -3.29. The summed E-state index contributed by atoms with van der Waals surface area (Å²) in [4.78, 5) is 22.2. The molecule has 0 radical (unpaired) electrons. The molecular weight excluding hydrogens is 561 g/mol. The molecule has 0 aliphatic carbocycles. The number of rotatable bonds is 9. The number of hydrogen-bond acceptors (Lipinski definition) is 8. The smallest absolute Gasteiger partial charge is 0.256 e. The molecule has 4 aromatic carbocycles. The van der Waals surface area contributed by atoms with Crippen LogP contribution in [0.1, 0.15) is 15.9 Å². The molecule has 0 bridgehead atoms. The number of nitrogens with zero attached hydrogens (tertiary/aromatic N) is 3. The number of amides is 1. The number of aromatic nitrogens is 2. The number of halogens is 1. The van der Waals surface area contributed by atoms with E-state index in [1.54, 1.807) is 67.6 Å². The molecule has 1 amide bonds. The van der Waals surface area contributed by atoms with Gasteiger partial charge in [-0.2, -0.15) is 0 Å². The largest absolute Gasteiger partial charge is 0.497 e. The predicted octanol–water partition coefficient (Wildman–Crippen LogP) is 5.75. The monoisotopic (exact) mass is 587 g/mol. The van der Waals surface area contributed by atoms with Crippen LogP contribution in [0.25, 0.3) is 11.0 Å². The lowest BCUT2D eigenvalue weighted by Gasteiger charge is -2.21. The van der Waals surface area contributed by atoms with Crippen LogP contribution >= 0.6 is 0 Å². The van der Waals surface area contributed by atoms with Crippen molar-refractivity contribution < 1.29 is 27.1 Å². The van der Waals surface area contributed by atoms with Crippen LogP contribution in [0.4, 0.5) is 33.1 Å². The molecule has 1 heterocycles. The molecule has 0 unspecified atom stereocenters. The minimum absolute atomic E-state index is 0.00366. The van der Waals surface area contributed by atoms with Crippen LogP contribution < -0.4 is 24.4 Å². The van der Waals surface area contributed by atoms with Gasteiger partial charge in [-0.25, -0.2) is 27.1 Å². The maximum absolute atomic E-state index is 13.8. The summed E-state index contributed by atoms with van der Waals surface area (Å²) in [6.45, 7) is 1.69. The fourth-order valence-corrected chi connectivity index (χ4v) is 4.89. The Hall–Kier alpha value is -5.23. The van der Waals surface area contributed by atoms with Gasteiger partial charge in [-0.15, -0.1) is 0 Å². The number of thiol groups is 1. The van der Waals surface area contributed by atoms with E-state index in [-0.39, 0.29) is 22.9 Å². The summed E-state index contributed by atoms with van der Waals surface area (Å²) in [5, 5.41) is 5.86. The molecular formula is C30H26FN5O5S. The van der Waals surface area contributed by atoms with Crippen molar-refractivity contribution in [3.63, 3.8) is 0 Å². The van der Waals surface area contributed by atoms with Gasteiger partial charge >= 0.3 is 0 Å². The van der Waals surface area contributed by atoms with Gasteiger partial charge in [0.1, 0.15) is 17.3 Å². The third kappa shape index (κ3) is 6.08. The first-order valence-electron chi connectivity index (χ1n) is 12.6. The zero-order valence-electron chi connectivity index (χ0n) is 22.8. The number of aryl methyl sites for hydroxylation is 1. The summed E-state index contributed by atoms with van der Waals surface area (Å²) >= 11 is 0. The number of carbonyl (C=O) groups is 1. The first-order valence-corrected chi connectivity index (χ1v) is 13.8. The molecule has 1 aromatic heterocycles. The van der Waals surface area contributed by atoms with Gasteiger partial charge in [0.2, 0.25) is 10.9 Å². The zero-order valence-corrected chi connectivity index (χ0v) is 23.7. The van der Waals surface area contributed by atoms with Gasteiger partial charge < -0.3 is 20.1 Å². The molecule has 214 valence electrons. The van der Waals surface area contributed by atoms with Crippen LogP contribution in [0.15, 0.2) is 84.9 Å². The second-order valence-corrected chi connectivity index (χ2v) is 10.00. The molecule has 5 aromatic rings. The summed E-state index contributed by atoms with van der Waals surface area (Å²) < 4.78 is 51.1. The van der Waals surface area contributed by atoms with Gasteiger partial charge in [0.05, 0.1) is 30.9 Å². The number of anilines is 5. The molecule has 0 aliphatic heterocycles. The van der Waals surface area contributed by atoms with Crippen LogP contribution in [0, 0.1) is 12.7 Å². The van der Waals surface area contributed by atoms with Gasteiger partial charge in [-0.3, -0.25) is 4.79 Å². The van der Waals surface area contributed by atoms with Crippen molar-refractivity contribution >= 4 is 56.5 Å². The summed E-state index contributed by atoms with van der Waals surface area (Å²) in [5.74, 6) is 0.0791. The maximum atomic E-state index is 13.8. The van der Waals surface area contributed by atoms with Crippen LogP contribution in [-0.2, 0) is 10.9 Å². The number of para-hydroxylation sites is 2. The lowest BCUT2D eigenvalue weighted by atomic mass is 10.1. The van der Waals surface area contributed by atoms with Crippen molar-refractivity contribution in [2.75, 3.05) is 29.2 Å². The normalized spacial score (nSPS) is 10.9. The standard InChI is InChI=1S/C30H26FN5O5S/c1-18-11-12-19(31)13-25(18)30(37)33-20-7-6-8-22(14-20)36(42(38)39)29-28(34-26-9-4-5-10-27(26)35-29)32-21-15-23(40-2)17-24(16-21)41-3/h4-17,42H,1-3H3,(H,32,34)(H,33,37). The zero-order chi connectivity index (χ0) is 29.8. The number of carbonyl (C=O) groups excluding carboxylic acids is 1. The summed E-state index contributed by atoms with van der Waals surface area (Å²) in [5.41, 5.74) is 2.75. The van der Waals surface area contributed by atoms with E-state index in [9.17, 15) is 17.6 Å². The Kier molecular flexibility index (Phi) is 8.16. The summed E-state index contributed by atoms with van der Waals surface area (Å²) in [6, 6.07) is 22.3. The Balaban J connectivity index is 1.58. The van der Waals surface area contributed by atoms with Crippen LogP contribution in [0.3, 0.4) is 0 Å². The van der Waals surface area contributed by atoms with Gasteiger partial charge in [0.15, 0.2) is 11.6 Å². The number of methoxy groups -OCH3 is 2. The van der Waals surface area contributed by atoms with Gasteiger partial charge in [-0.05, 0) is 55.0 Å². The van der Waals surface area contributed by atoms with E-state index in [0.717, 1.165) is 10.4 Å². The van der Waals surface area contributed by atoms with Crippen LogP contribution in [-0.4, -0.2) is 38.5 Å². The number of fused-ring (bicyclic) bond motifs is 1. The Morgan fingerprint density at radius 1 is 0.833 bits per heavy atom. The quantitative estimate of drug-likeness (QED) is 0.186. The second-order valence-electron chi connectivity index (χ2n) is 9.12. The molecule has 10 nitrogen and oxygen atoms in total. The molecule has 42 heavy (non-hydrogen) atoms. The SMILES string of the molecule is COc1cc(Nc2nc3ccccc3nc2N(c2cccc(NC(=O)c3cc(F)ccc3C)c2)[SH](=O)=O)cc(OC)c1. The fourth-order valence-electron chi connectivity index (χ4n) is 4.29. The molecule has 2 N–H and O–H groups in total. The molecule has 0 atom stereocenters. The van der Waals surface area contributed by atoms with Gasteiger partial charge in [0.25, 0.3) is 5.91 Å². The van der Waals surface area contributed by atoms with Crippen molar-refractivity contribution in [2.24, 2.45) is 0 Å². The molecule has 5 rings (SSSR count). The Bertz CT molecular complexity index is 1850. The number of hydrogen-bond donors (Lipinski definition) is 3. The van der Waals surface area contributed by atoms with E-state index < -0.39 is 22.6 Å². The molecule has 0 spiro atoms. The van der Waals surface area contributed by atoms with E-state index >= 15 is 0 Å². The first kappa shape index (κ1) is 28.3. The second kappa shape index (κ2) is 12.1. The van der Waals surface area contributed by atoms with E-state index in [0.29, 0.717) is 39.5 Å². The fraction of sp³-hybridized carbons (Fsp3) is 0.100. The summed E-state index contributed by atoms with van der Waals surface area (Å²) in [7, 11) is -0.250. The molecule has 0 fully saturated rings. The third-order valence-electron chi connectivity index (χ3n) is 6.32. The molecule has 0 aliphatic rings. The Labute approximate surface area is 242 Å². The van der Waals surface area contributed by atoms with E-state index in [1.165, 1.54) is 32.4 Å². The average molecular weight is 588 g/mol. The number of nitrogens with one attached hydrogen (secondary N) is 2. The average Bonchev–Trinajstić information content (AvgIpc) is 2.98. The molecule has 12 heteroatoms. The van der Waals surface area contributed by atoms with Crippen molar-refractivity contribution in [3.8, 4) is 11.5 Å². The third-order valence-corrected chi connectivity index (χ3v) is 7.07. The van der Waals surface area contributed by atoms with Crippen LogP contribution in [0.2, 0.25) is 0 Å². The highest BCUT2D eigenvalue weighted by atomic mass is 32.2. The van der Waals surface area contributed by atoms with Crippen molar-refractivity contribution in [2.45, 2.75) is 6.92 Å². The molecule has 0 saturated carbocycles. The van der Waals surface area contributed by atoms with Crippen molar-refractivity contribution in [1.29, 1.82) is 0 Å². The maximum Gasteiger partial charge on any atom is 0.256 e. The Morgan fingerprint density at radius 3 is 2.19 bits per heavy atom. The van der Waals surface area contributed by atoms with E-state index in [4.69, 9.17) is 9.47 Å². The van der Waals surface area contributed by atoms with Gasteiger partial charge in [-0.1, -0.05) is 24.3 Å². The topological polar surface area (TPSA) is 123 Å². The highest BCUT2D eigenvalue weighted by Gasteiger charge is 2.22. The first-order chi connectivity index (χ1) is 20.2. The van der Waals surface area contributed by atoms with Crippen molar-refractivity contribution in [3.05, 3.63) is 102 Å². The van der Waals surface area contributed by atoms with Crippen LogP contribution in [0.5, 0.6) is 11.5 Å². The lowest BCUT2D eigenvalue weighted by Crippen LogP contribution is -2.19. The number of benzene rings is 4. The van der Waals surface area contributed by atoms with Gasteiger partial charge in [0, 0.05) is 35.1 Å². The van der Waals surface area contributed by atoms with E-state index in [1.807, 2.05) is 0 Å². The minimum Gasteiger partial charge on any atom is -0.497 e.